The Bertz CT molecular complexity index is 2170. The Morgan fingerprint density at radius 3 is 2.35 bits per heavy atom. The van der Waals surface area contributed by atoms with Gasteiger partial charge in [0.1, 0.15) is 17.5 Å². The summed E-state index contributed by atoms with van der Waals surface area (Å²) in [6.07, 6.45) is 8.52. The Kier molecular flexibility index (Phi) is 7.83. The summed E-state index contributed by atoms with van der Waals surface area (Å²) in [6.45, 7) is 4.95. The summed E-state index contributed by atoms with van der Waals surface area (Å²) in [6, 6.07) is 11.6. The molecule has 12 heteroatoms. The van der Waals surface area contributed by atoms with Gasteiger partial charge in [-0.15, -0.1) is 0 Å². The molecule has 4 fully saturated rings. The van der Waals surface area contributed by atoms with Gasteiger partial charge in [0.25, 0.3) is 11.5 Å². The first-order valence-corrected chi connectivity index (χ1v) is 18.2. The van der Waals surface area contributed by atoms with Crippen molar-refractivity contribution >= 4 is 34.2 Å². The topological polar surface area (TPSA) is 137 Å². The number of carbonyl (C=O) groups is 3. The van der Waals surface area contributed by atoms with Gasteiger partial charge >= 0.3 is 0 Å². The molecule has 1 unspecified atom stereocenters. The number of hydrogen-bond acceptors (Lipinski definition) is 9. The molecule has 0 radical (unpaired) electrons. The fraction of sp³-hybridized carbons (Fsp3) is 0.425. The zero-order valence-electron chi connectivity index (χ0n) is 29.5. The predicted molar refractivity (Wildman–Crippen MR) is 195 cm³/mol. The Hall–Kier alpha value is -5.23. The summed E-state index contributed by atoms with van der Waals surface area (Å²) in [4.78, 5) is 63.9. The number of aromatic nitrogens is 2. The van der Waals surface area contributed by atoms with E-state index in [1.54, 1.807) is 31.5 Å². The standard InChI is InChI=1S/C40H42N6O6/c1-51-34-14-24(29-17-42-37(48)30-18-41-32(16-28(29)30)23-3-4-23)15-35(52-2)31(34)20-44-11-9-40(10-12-44)21-45(22-40)26-5-6-27-25(13-26)19-46(39(27)50)33-7-8-36(47)43-38(33)49/h5-6,13-18,23,33H,3-4,7-12,19-22H2,1-2H3,(H,42,48)(H,43,47,49). The van der Waals surface area contributed by atoms with Crippen LogP contribution in [0.1, 0.15) is 71.6 Å². The van der Waals surface area contributed by atoms with E-state index in [-0.39, 0.29) is 35.1 Å². The molecule has 4 aliphatic heterocycles. The maximum atomic E-state index is 13.2. The van der Waals surface area contributed by atoms with Gasteiger partial charge in [0.15, 0.2) is 0 Å². The third kappa shape index (κ3) is 5.60. The highest BCUT2D eigenvalue weighted by molar-refractivity contribution is 6.05. The summed E-state index contributed by atoms with van der Waals surface area (Å²) in [5, 5.41) is 3.83. The van der Waals surface area contributed by atoms with Crippen LogP contribution in [0.5, 0.6) is 11.5 Å². The van der Waals surface area contributed by atoms with Crippen molar-refractivity contribution in [1.82, 2.24) is 25.1 Å². The van der Waals surface area contributed by atoms with Crippen molar-refractivity contribution in [2.75, 3.05) is 45.3 Å². The van der Waals surface area contributed by atoms with E-state index in [1.165, 1.54) is 0 Å². The van der Waals surface area contributed by atoms with E-state index in [0.717, 1.165) is 102 Å². The molecule has 0 bridgehead atoms. The van der Waals surface area contributed by atoms with Crippen LogP contribution in [-0.4, -0.2) is 83.9 Å². The Labute approximate surface area is 301 Å². The maximum Gasteiger partial charge on any atom is 0.257 e. The van der Waals surface area contributed by atoms with E-state index in [1.807, 2.05) is 24.3 Å². The fourth-order valence-electron chi connectivity index (χ4n) is 8.73. The molecule has 2 aromatic heterocycles. The molecule has 2 aromatic carbocycles. The summed E-state index contributed by atoms with van der Waals surface area (Å²) in [5.74, 6) is 1.17. The number of carbonyl (C=O) groups excluding carboxylic acids is 3. The van der Waals surface area contributed by atoms with Crippen molar-refractivity contribution in [2.45, 2.75) is 63.6 Å². The molecule has 1 aliphatic carbocycles. The number of amides is 3. The molecule has 268 valence electrons. The smallest absolute Gasteiger partial charge is 0.257 e. The SMILES string of the molecule is COc1cc(-c2c[nH]c(=O)c3cnc(C4CC4)cc23)cc(OC)c1CN1CCC2(CC1)CN(c1ccc3c(c1)CN(C1CCC(=O)NC1=O)C3=O)C2. The van der Waals surface area contributed by atoms with Gasteiger partial charge in [0, 0.05) is 78.8 Å². The molecule has 5 aliphatic rings. The summed E-state index contributed by atoms with van der Waals surface area (Å²) in [5.41, 5.74) is 6.66. The Morgan fingerprint density at radius 2 is 1.65 bits per heavy atom. The zero-order valence-corrected chi connectivity index (χ0v) is 29.5. The van der Waals surface area contributed by atoms with Gasteiger partial charge in [-0.05, 0) is 98.1 Å². The molecule has 3 amide bonds. The van der Waals surface area contributed by atoms with Crippen LogP contribution in [-0.2, 0) is 22.7 Å². The van der Waals surface area contributed by atoms with Crippen LogP contribution in [0.3, 0.4) is 0 Å². The number of imide groups is 1. The molecule has 2 N–H and O–H groups in total. The molecule has 4 aromatic rings. The van der Waals surface area contributed by atoms with Gasteiger partial charge in [-0.25, -0.2) is 0 Å². The third-order valence-corrected chi connectivity index (χ3v) is 11.9. The Balaban J connectivity index is 0.865. The number of benzene rings is 2. The summed E-state index contributed by atoms with van der Waals surface area (Å²) >= 11 is 0. The van der Waals surface area contributed by atoms with Gasteiger partial charge in [0.05, 0.1) is 25.2 Å². The van der Waals surface area contributed by atoms with Gasteiger partial charge in [0.2, 0.25) is 11.8 Å². The van der Waals surface area contributed by atoms with Gasteiger partial charge in [-0.3, -0.25) is 34.4 Å². The van der Waals surface area contributed by atoms with Crippen molar-refractivity contribution in [3.63, 3.8) is 0 Å². The number of piperidine rings is 2. The van der Waals surface area contributed by atoms with Crippen molar-refractivity contribution < 1.29 is 23.9 Å². The first kappa shape index (κ1) is 32.7. The normalized spacial score (nSPS) is 21.3. The van der Waals surface area contributed by atoms with Gasteiger partial charge in [-0.1, -0.05) is 0 Å². The second-order valence-electron chi connectivity index (χ2n) is 15.2. The maximum absolute atomic E-state index is 13.2. The van der Waals surface area contributed by atoms with Gasteiger partial charge < -0.3 is 24.3 Å². The molecule has 6 heterocycles. The fourth-order valence-corrected chi connectivity index (χ4v) is 8.73. The number of anilines is 1. The van der Waals surface area contributed by atoms with Crippen molar-refractivity contribution in [3.8, 4) is 22.6 Å². The molecular weight excluding hydrogens is 660 g/mol. The average molecular weight is 703 g/mol. The van der Waals surface area contributed by atoms with Crippen LogP contribution >= 0.6 is 0 Å². The second-order valence-corrected chi connectivity index (χ2v) is 15.2. The average Bonchev–Trinajstić information content (AvgIpc) is 3.94. The van der Waals surface area contributed by atoms with Crippen LogP contribution in [0.15, 0.2) is 53.6 Å². The molecule has 52 heavy (non-hydrogen) atoms. The number of ether oxygens (including phenoxy) is 2. The number of H-pyrrole nitrogens is 1. The van der Waals surface area contributed by atoms with E-state index in [9.17, 15) is 19.2 Å². The number of nitrogens with zero attached hydrogens (tertiary/aromatic N) is 4. The number of hydrogen-bond donors (Lipinski definition) is 2. The molecule has 1 spiro atoms. The van der Waals surface area contributed by atoms with Gasteiger partial charge in [-0.2, -0.15) is 0 Å². The van der Waals surface area contributed by atoms with Crippen LogP contribution < -0.4 is 25.2 Å². The lowest BCUT2D eigenvalue weighted by Crippen LogP contribution is -2.60. The van der Waals surface area contributed by atoms with Crippen LogP contribution in [0.4, 0.5) is 5.69 Å². The highest BCUT2D eigenvalue weighted by Crippen LogP contribution is 2.45. The van der Waals surface area contributed by atoms with Crippen molar-refractivity contribution in [2.24, 2.45) is 5.41 Å². The number of aromatic amines is 1. The number of rotatable bonds is 8. The van der Waals surface area contributed by atoms with Crippen molar-refractivity contribution in [3.05, 3.63) is 81.5 Å². The highest BCUT2D eigenvalue weighted by Gasteiger charge is 2.46. The monoisotopic (exact) mass is 702 g/mol. The largest absolute Gasteiger partial charge is 0.496 e. The van der Waals surface area contributed by atoms with Crippen LogP contribution in [0, 0.1) is 5.41 Å². The second kappa shape index (κ2) is 12.5. The van der Waals surface area contributed by atoms with Crippen molar-refractivity contribution in [1.29, 1.82) is 0 Å². The summed E-state index contributed by atoms with van der Waals surface area (Å²) in [7, 11) is 3.38. The van der Waals surface area contributed by atoms with E-state index < -0.39 is 6.04 Å². The molecule has 3 saturated heterocycles. The van der Waals surface area contributed by atoms with E-state index >= 15 is 0 Å². The molecule has 1 atom stereocenters. The molecule has 12 nitrogen and oxygen atoms in total. The number of pyridine rings is 2. The van der Waals surface area contributed by atoms with Crippen LogP contribution in [0.25, 0.3) is 21.9 Å². The minimum atomic E-state index is -0.606. The molecule has 1 saturated carbocycles. The van der Waals surface area contributed by atoms with Crippen LogP contribution in [0.2, 0.25) is 0 Å². The minimum Gasteiger partial charge on any atom is -0.496 e. The van der Waals surface area contributed by atoms with E-state index in [0.29, 0.717) is 36.4 Å². The lowest BCUT2D eigenvalue weighted by Gasteiger charge is -2.55. The summed E-state index contributed by atoms with van der Waals surface area (Å²) < 4.78 is 11.9. The first-order valence-electron chi connectivity index (χ1n) is 18.2. The molecule has 9 rings (SSSR count). The highest BCUT2D eigenvalue weighted by atomic mass is 16.5. The van der Waals surface area contributed by atoms with E-state index in [2.05, 4.69) is 37.2 Å². The third-order valence-electron chi connectivity index (χ3n) is 11.9. The molecular formula is C40H42N6O6. The number of methoxy groups -OCH3 is 2. The zero-order chi connectivity index (χ0) is 35.7. The lowest BCUT2D eigenvalue weighted by molar-refractivity contribution is -0.136. The number of fused-ring (bicyclic) bond motifs is 2. The predicted octanol–water partition coefficient (Wildman–Crippen LogP) is 4.35. The minimum absolute atomic E-state index is 0.142. The number of nitrogens with one attached hydrogen (secondary N) is 2. The lowest BCUT2D eigenvalue weighted by atomic mass is 9.71. The first-order chi connectivity index (χ1) is 25.2. The Morgan fingerprint density at radius 1 is 0.904 bits per heavy atom. The number of likely N-dealkylation sites (tertiary alicyclic amines) is 1. The quantitative estimate of drug-likeness (QED) is 0.257. The van der Waals surface area contributed by atoms with E-state index in [4.69, 9.17) is 9.47 Å².